The van der Waals surface area contributed by atoms with Gasteiger partial charge in [-0.3, -0.25) is 4.98 Å². The standard InChI is InChI=1S/C20H24N2/c1-12-3-4-14(7-13(12)2)19-15-5-6-16(8-15)20(19)17-9-18(21)11-22-10-17/h3-4,7,9-11,15-16,19-20H,5-6,8,21H2,1-2H3. The van der Waals surface area contributed by atoms with Gasteiger partial charge in [-0.1, -0.05) is 18.2 Å². The molecule has 4 rings (SSSR count). The van der Waals surface area contributed by atoms with Crippen LogP contribution < -0.4 is 5.73 Å². The SMILES string of the molecule is Cc1ccc(C2C3CCC(C3)C2c2cncc(N)c2)cc1C. The Hall–Kier alpha value is -1.83. The summed E-state index contributed by atoms with van der Waals surface area (Å²) >= 11 is 0. The van der Waals surface area contributed by atoms with E-state index in [2.05, 4.69) is 43.1 Å². The minimum atomic E-state index is 0.594. The first kappa shape index (κ1) is 13.8. The van der Waals surface area contributed by atoms with Gasteiger partial charge in [0.15, 0.2) is 0 Å². The van der Waals surface area contributed by atoms with Crippen LogP contribution >= 0.6 is 0 Å². The summed E-state index contributed by atoms with van der Waals surface area (Å²) in [6.45, 7) is 4.42. The summed E-state index contributed by atoms with van der Waals surface area (Å²) in [5.74, 6) is 2.87. The number of fused-ring (bicyclic) bond motifs is 2. The van der Waals surface area contributed by atoms with E-state index in [4.69, 9.17) is 5.73 Å². The molecule has 114 valence electrons. The van der Waals surface area contributed by atoms with Crippen molar-refractivity contribution in [2.24, 2.45) is 11.8 Å². The molecule has 2 aromatic rings. The van der Waals surface area contributed by atoms with E-state index in [0.717, 1.165) is 17.5 Å². The highest BCUT2D eigenvalue weighted by atomic mass is 14.7. The Morgan fingerprint density at radius 3 is 2.32 bits per heavy atom. The van der Waals surface area contributed by atoms with Gasteiger partial charge in [-0.15, -0.1) is 0 Å². The molecular formula is C20H24N2. The molecular weight excluding hydrogens is 268 g/mol. The van der Waals surface area contributed by atoms with Crippen molar-refractivity contribution in [1.29, 1.82) is 0 Å². The Morgan fingerprint density at radius 2 is 1.64 bits per heavy atom. The quantitative estimate of drug-likeness (QED) is 0.880. The van der Waals surface area contributed by atoms with Crippen LogP contribution in [0.15, 0.2) is 36.7 Å². The van der Waals surface area contributed by atoms with Crippen molar-refractivity contribution in [3.8, 4) is 0 Å². The maximum absolute atomic E-state index is 5.99. The summed E-state index contributed by atoms with van der Waals surface area (Å²) in [7, 11) is 0. The summed E-state index contributed by atoms with van der Waals surface area (Å²) < 4.78 is 0. The van der Waals surface area contributed by atoms with Crippen LogP contribution in [0.4, 0.5) is 5.69 Å². The number of aryl methyl sites for hydroxylation is 2. The minimum Gasteiger partial charge on any atom is -0.397 e. The van der Waals surface area contributed by atoms with Crippen molar-refractivity contribution in [1.82, 2.24) is 4.98 Å². The van der Waals surface area contributed by atoms with Crippen LogP contribution in [-0.4, -0.2) is 4.98 Å². The third-order valence-electron chi connectivity index (χ3n) is 6.00. The first-order chi connectivity index (χ1) is 10.6. The lowest BCUT2D eigenvalue weighted by Gasteiger charge is -2.32. The van der Waals surface area contributed by atoms with Gasteiger partial charge in [-0.25, -0.2) is 0 Å². The fourth-order valence-electron chi connectivity index (χ4n) is 4.88. The summed E-state index contributed by atoms with van der Waals surface area (Å²) in [5.41, 5.74) is 12.4. The van der Waals surface area contributed by atoms with Crippen molar-refractivity contribution >= 4 is 5.69 Å². The molecule has 0 spiro atoms. The van der Waals surface area contributed by atoms with Crippen molar-refractivity contribution in [2.75, 3.05) is 5.73 Å². The van der Waals surface area contributed by atoms with Crippen LogP contribution in [0.1, 0.15) is 53.4 Å². The first-order valence-electron chi connectivity index (χ1n) is 8.41. The molecule has 1 aromatic carbocycles. The third-order valence-corrected chi connectivity index (χ3v) is 6.00. The number of pyridine rings is 1. The summed E-state index contributed by atoms with van der Waals surface area (Å²) in [5, 5.41) is 0. The van der Waals surface area contributed by atoms with E-state index >= 15 is 0 Å². The molecule has 0 saturated heterocycles. The van der Waals surface area contributed by atoms with Gasteiger partial charge in [0.1, 0.15) is 0 Å². The van der Waals surface area contributed by atoms with Gasteiger partial charge in [0, 0.05) is 12.4 Å². The summed E-state index contributed by atoms with van der Waals surface area (Å²) in [6, 6.07) is 9.19. The van der Waals surface area contributed by atoms with E-state index in [9.17, 15) is 0 Å². The van der Waals surface area contributed by atoms with E-state index in [1.54, 1.807) is 6.20 Å². The molecule has 2 aliphatic carbocycles. The van der Waals surface area contributed by atoms with E-state index in [0.29, 0.717) is 11.8 Å². The number of hydrogen-bond acceptors (Lipinski definition) is 2. The number of aromatic nitrogens is 1. The Bertz CT molecular complexity index is 707. The first-order valence-corrected chi connectivity index (χ1v) is 8.41. The highest BCUT2D eigenvalue weighted by Gasteiger charge is 2.48. The maximum atomic E-state index is 5.99. The molecule has 2 aliphatic rings. The van der Waals surface area contributed by atoms with Gasteiger partial charge < -0.3 is 5.73 Å². The van der Waals surface area contributed by atoms with E-state index in [1.807, 2.05) is 6.20 Å². The molecule has 1 aromatic heterocycles. The zero-order valence-electron chi connectivity index (χ0n) is 13.4. The van der Waals surface area contributed by atoms with E-state index in [-0.39, 0.29) is 0 Å². The predicted molar refractivity (Wildman–Crippen MR) is 90.9 cm³/mol. The highest BCUT2D eigenvalue weighted by molar-refractivity contribution is 5.42. The molecule has 2 fully saturated rings. The normalized spacial score (nSPS) is 29.9. The average Bonchev–Trinajstić information content (AvgIpc) is 3.11. The number of nitrogens with two attached hydrogens (primary N) is 1. The number of hydrogen-bond donors (Lipinski definition) is 1. The molecule has 22 heavy (non-hydrogen) atoms. The number of rotatable bonds is 2. The molecule has 2 heteroatoms. The topological polar surface area (TPSA) is 38.9 Å². The van der Waals surface area contributed by atoms with Gasteiger partial charge in [-0.05, 0) is 85.1 Å². The monoisotopic (exact) mass is 292 g/mol. The molecule has 0 aliphatic heterocycles. The summed E-state index contributed by atoms with van der Waals surface area (Å²) in [4.78, 5) is 4.35. The van der Waals surface area contributed by atoms with Crippen LogP contribution in [0.5, 0.6) is 0 Å². The van der Waals surface area contributed by atoms with E-state index < -0.39 is 0 Å². The van der Waals surface area contributed by atoms with Gasteiger partial charge in [-0.2, -0.15) is 0 Å². The number of benzene rings is 1. The van der Waals surface area contributed by atoms with Gasteiger partial charge in [0.25, 0.3) is 0 Å². The van der Waals surface area contributed by atoms with Crippen LogP contribution in [0.2, 0.25) is 0 Å². The Balaban J connectivity index is 1.77. The molecule has 2 bridgehead atoms. The number of nitrogen functional groups attached to an aromatic ring is 1. The molecule has 4 atom stereocenters. The highest BCUT2D eigenvalue weighted by Crippen LogP contribution is 2.60. The van der Waals surface area contributed by atoms with Gasteiger partial charge >= 0.3 is 0 Å². The Labute approximate surface area is 132 Å². The molecule has 2 N–H and O–H groups in total. The third kappa shape index (κ3) is 2.13. The zero-order chi connectivity index (χ0) is 15.3. The molecule has 4 unspecified atom stereocenters. The molecule has 0 radical (unpaired) electrons. The smallest absolute Gasteiger partial charge is 0.0503 e. The van der Waals surface area contributed by atoms with Crippen molar-refractivity contribution < 1.29 is 0 Å². The van der Waals surface area contributed by atoms with E-state index in [1.165, 1.54) is 41.5 Å². The van der Waals surface area contributed by atoms with Crippen LogP contribution in [0.25, 0.3) is 0 Å². The van der Waals surface area contributed by atoms with Crippen LogP contribution in [0.3, 0.4) is 0 Å². The second kappa shape index (κ2) is 5.12. The average molecular weight is 292 g/mol. The maximum Gasteiger partial charge on any atom is 0.0503 e. The lowest BCUT2D eigenvalue weighted by molar-refractivity contribution is 0.365. The van der Waals surface area contributed by atoms with Crippen molar-refractivity contribution in [3.05, 3.63) is 58.9 Å². The number of anilines is 1. The molecule has 2 nitrogen and oxygen atoms in total. The fourth-order valence-corrected chi connectivity index (χ4v) is 4.88. The molecule has 0 amide bonds. The second-order valence-electron chi connectivity index (χ2n) is 7.28. The van der Waals surface area contributed by atoms with Crippen molar-refractivity contribution in [3.63, 3.8) is 0 Å². The zero-order valence-corrected chi connectivity index (χ0v) is 13.4. The Morgan fingerprint density at radius 1 is 0.909 bits per heavy atom. The Kier molecular flexibility index (Phi) is 3.21. The molecule has 2 saturated carbocycles. The minimum absolute atomic E-state index is 0.594. The largest absolute Gasteiger partial charge is 0.397 e. The molecule has 1 heterocycles. The predicted octanol–water partition coefficient (Wildman–Crippen LogP) is 4.58. The summed E-state index contributed by atoms with van der Waals surface area (Å²) in [6.07, 6.45) is 7.91. The lowest BCUT2D eigenvalue weighted by atomic mass is 9.72. The van der Waals surface area contributed by atoms with Crippen LogP contribution in [0, 0.1) is 25.7 Å². The lowest BCUT2D eigenvalue weighted by Crippen LogP contribution is -2.19. The van der Waals surface area contributed by atoms with Gasteiger partial charge in [0.2, 0.25) is 0 Å². The van der Waals surface area contributed by atoms with Gasteiger partial charge in [0.05, 0.1) is 5.69 Å². The fraction of sp³-hybridized carbons (Fsp3) is 0.450. The second-order valence-corrected chi connectivity index (χ2v) is 7.28. The van der Waals surface area contributed by atoms with Crippen molar-refractivity contribution in [2.45, 2.75) is 44.9 Å². The van der Waals surface area contributed by atoms with Crippen LogP contribution in [-0.2, 0) is 0 Å². The number of nitrogens with zero attached hydrogens (tertiary/aromatic N) is 1.